The molecule has 0 aliphatic carbocycles. The van der Waals surface area contributed by atoms with E-state index in [1.54, 1.807) is 6.07 Å². The summed E-state index contributed by atoms with van der Waals surface area (Å²) in [7, 11) is 0. The van der Waals surface area contributed by atoms with Gasteiger partial charge in [-0.25, -0.2) is 4.79 Å². The molecule has 3 heteroatoms. The standard InChI is InChI=1S/C11H14O2.Mg/c1-3-8-5-6-10(11(12)13)9(4-2)7-8;/h5-7H,3-4H2,1-2H3,(H,12,13);. The summed E-state index contributed by atoms with van der Waals surface area (Å²) in [5.74, 6) is -0.834. The van der Waals surface area contributed by atoms with E-state index in [1.807, 2.05) is 19.1 Å². The van der Waals surface area contributed by atoms with Crippen LogP contribution in [0.1, 0.15) is 35.3 Å². The van der Waals surface area contributed by atoms with Crippen LogP contribution in [0.2, 0.25) is 0 Å². The zero-order valence-corrected chi connectivity index (χ0v) is 10.1. The lowest BCUT2D eigenvalue weighted by atomic mass is 10.0. The highest BCUT2D eigenvalue weighted by Crippen LogP contribution is 2.13. The van der Waals surface area contributed by atoms with Crippen LogP contribution in [0.25, 0.3) is 0 Å². The zero-order valence-electron chi connectivity index (χ0n) is 8.71. The minimum absolute atomic E-state index is 0. The Hall–Kier alpha value is -0.544. The van der Waals surface area contributed by atoms with Gasteiger partial charge in [0, 0.05) is 23.1 Å². The van der Waals surface area contributed by atoms with E-state index in [1.165, 1.54) is 5.56 Å². The quantitative estimate of drug-likeness (QED) is 0.763. The van der Waals surface area contributed by atoms with Crippen molar-refractivity contribution in [1.82, 2.24) is 0 Å². The molecular weight excluding hydrogens is 188 g/mol. The Morgan fingerprint density at radius 3 is 2.36 bits per heavy atom. The van der Waals surface area contributed by atoms with Crippen molar-refractivity contribution in [3.8, 4) is 0 Å². The van der Waals surface area contributed by atoms with Gasteiger partial charge in [-0.3, -0.25) is 0 Å². The van der Waals surface area contributed by atoms with E-state index in [-0.39, 0.29) is 23.1 Å². The number of carboxylic acid groups (broad SMARTS) is 1. The first-order chi connectivity index (χ1) is 6.19. The summed E-state index contributed by atoms with van der Waals surface area (Å²) in [5.41, 5.74) is 2.55. The summed E-state index contributed by atoms with van der Waals surface area (Å²) in [6.45, 7) is 4.04. The Morgan fingerprint density at radius 2 is 1.93 bits per heavy atom. The van der Waals surface area contributed by atoms with Gasteiger partial charge in [0.2, 0.25) is 0 Å². The van der Waals surface area contributed by atoms with Crippen molar-refractivity contribution in [3.05, 3.63) is 34.9 Å². The van der Waals surface area contributed by atoms with E-state index in [2.05, 4.69) is 6.92 Å². The van der Waals surface area contributed by atoms with Crippen LogP contribution < -0.4 is 0 Å². The minimum Gasteiger partial charge on any atom is -0.478 e. The first-order valence-corrected chi connectivity index (χ1v) is 4.54. The van der Waals surface area contributed by atoms with Crippen LogP contribution in [0, 0.1) is 0 Å². The lowest BCUT2D eigenvalue weighted by Crippen LogP contribution is -2.02. The van der Waals surface area contributed by atoms with Crippen LogP contribution in [0.3, 0.4) is 0 Å². The molecule has 0 aliphatic rings. The summed E-state index contributed by atoms with van der Waals surface area (Å²) in [6, 6.07) is 5.55. The van der Waals surface area contributed by atoms with Gasteiger partial charge in [0.1, 0.15) is 0 Å². The van der Waals surface area contributed by atoms with E-state index in [9.17, 15) is 4.79 Å². The number of hydrogen-bond donors (Lipinski definition) is 1. The van der Waals surface area contributed by atoms with E-state index in [0.29, 0.717) is 5.56 Å². The molecule has 14 heavy (non-hydrogen) atoms. The van der Waals surface area contributed by atoms with Crippen molar-refractivity contribution >= 4 is 29.0 Å². The fraction of sp³-hybridized carbons (Fsp3) is 0.364. The maximum atomic E-state index is 10.8. The first kappa shape index (κ1) is 13.5. The molecule has 0 fully saturated rings. The van der Waals surface area contributed by atoms with E-state index < -0.39 is 5.97 Å². The molecule has 72 valence electrons. The van der Waals surface area contributed by atoms with Crippen LogP contribution in [-0.4, -0.2) is 34.1 Å². The average molecular weight is 203 g/mol. The maximum Gasteiger partial charge on any atom is 0.335 e. The maximum absolute atomic E-state index is 10.8. The lowest BCUT2D eigenvalue weighted by Gasteiger charge is -2.05. The van der Waals surface area contributed by atoms with Crippen LogP contribution in [-0.2, 0) is 12.8 Å². The van der Waals surface area contributed by atoms with Gasteiger partial charge in [0.25, 0.3) is 0 Å². The van der Waals surface area contributed by atoms with Crippen molar-refractivity contribution in [2.75, 3.05) is 0 Å². The normalized spacial score (nSPS) is 9.29. The Morgan fingerprint density at radius 1 is 1.29 bits per heavy atom. The summed E-state index contributed by atoms with van der Waals surface area (Å²) in [5, 5.41) is 8.86. The number of aromatic carboxylic acids is 1. The number of benzene rings is 1. The summed E-state index contributed by atoms with van der Waals surface area (Å²) < 4.78 is 0. The fourth-order valence-corrected chi connectivity index (χ4v) is 1.37. The number of carboxylic acids is 1. The Kier molecular flexibility index (Phi) is 5.80. The van der Waals surface area contributed by atoms with Crippen LogP contribution in [0.4, 0.5) is 0 Å². The van der Waals surface area contributed by atoms with Crippen molar-refractivity contribution < 1.29 is 9.90 Å². The summed E-state index contributed by atoms with van der Waals surface area (Å²) >= 11 is 0. The second-order valence-electron chi connectivity index (χ2n) is 3.00. The highest BCUT2D eigenvalue weighted by molar-refractivity contribution is 5.89. The van der Waals surface area contributed by atoms with Crippen LogP contribution in [0.15, 0.2) is 18.2 Å². The predicted molar refractivity (Wildman–Crippen MR) is 57.9 cm³/mol. The number of hydrogen-bond acceptors (Lipinski definition) is 1. The van der Waals surface area contributed by atoms with Crippen molar-refractivity contribution in [2.45, 2.75) is 26.7 Å². The molecule has 0 saturated heterocycles. The topological polar surface area (TPSA) is 37.3 Å². The Bertz CT molecular complexity index is 321. The smallest absolute Gasteiger partial charge is 0.335 e. The average Bonchev–Trinajstić information content (AvgIpc) is 2.16. The Labute approximate surface area is 100 Å². The molecule has 0 heterocycles. The van der Waals surface area contributed by atoms with Gasteiger partial charge < -0.3 is 5.11 Å². The van der Waals surface area contributed by atoms with Crippen LogP contribution in [0.5, 0.6) is 0 Å². The molecule has 2 nitrogen and oxygen atoms in total. The van der Waals surface area contributed by atoms with E-state index in [0.717, 1.165) is 18.4 Å². The van der Waals surface area contributed by atoms with Gasteiger partial charge in [-0.15, -0.1) is 0 Å². The molecule has 0 bridgehead atoms. The van der Waals surface area contributed by atoms with Gasteiger partial charge in [-0.05, 0) is 30.0 Å². The number of aryl methyl sites for hydroxylation is 2. The fourth-order valence-electron chi connectivity index (χ4n) is 1.37. The van der Waals surface area contributed by atoms with Gasteiger partial charge >= 0.3 is 5.97 Å². The second-order valence-corrected chi connectivity index (χ2v) is 3.00. The monoisotopic (exact) mass is 202 g/mol. The summed E-state index contributed by atoms with van der Waals surface area (Å²) in [4.78, 5) is 10.8. The van der Waals surface area contributed by atoms with Crippen molar-refractivity contribution in [3.63, 3.8) is 0 Å². The molecule has 1 aromatic rings. The van der Waals surface area contributed by atoms with Crippen molar-refractivity contribution in [2.24, 2.45) is 0 Å². The SMILES string of the molecule is CCc1ccc(C(=O)O)c(CC)c1.[Mg]. The molecule has 0 unspecified atom stereocenters. The van der Waals surface area contributed by atoms with Gasteiger partial charge in [0.05, 0.1) is 5.56 Å². The second kappa shape index (κ2) is 6.04. The van der Waals surface area contributed by atoms with E-state index in [4.69, 9.17) is 5.11 Å². The third-order valence-corrected chi connectivity index (χ3v) is 2.19. The molecular formula is C11H14MgO2. The third-order valence-electron chi connectivity index (χ3n) is 2.19. The molecule has 0 aromatic heterocycles. The van der Waals surface area contributed by atoms with Gasteiger partial charge in [-0.1, -0.05) is 26.0 Å². The van der Waals surface area contributed by atoms with Crippen LogP contribution >= 0.6 is 0 Å². The first-order valence-electron chi connectivity index (χ1n) is 4.54. The molecule has 1 rings (SSSR count). The van der Waals surface area contributed by atoms with Gasteiger partial charge in [0.15, 0.2) is 0 Å². The molecule has 0 amide bonds. The molecule has 2 radical (unpaired) electrons. The molecule has 0 spiro atoms. The molecule has 1 N–H and O–H groups in total. The molecule has 1 aromatic carbocycles. The predicted octanol–water partition coefficient (Wildman–Crippen LogP) is 2.13. The van der Waals surface area contributed by atoms with Crippen molar-refractivity contribution in [1.29, 1.82) is 0 Å². The highest BCUT2D eigenvalue weighted by Gasteiger charge is 2.07. The third kappa shape index (κ3) is 2.99. The van der Waals surface area contributed by atoms with Gasteiger partial charge in [-0.2, -0.15) is 0 Å². The largest absolute Gasteiger partial charge is 0.478 e. The minimum atomic E-state index is -0.834. The molecule has 0 atom stereocenters. The molecule has 0 saturated carbocycles. The Balaban J connectivity index is 0.00000169. The summed E-state index contributed by atoms with van der Waals surface area (Å²) in [6.07, 6.45) is 1.72. The highest BCUT2D eigenvalue weighted by atomic mass is 24.3. The van der Waals surface area contributed by atoms with E-state index >= 15 is 0 Å². The lowest BCUT2D eigenvalue weighted by molar-refractivity contribution is 0.0695. The molecule has 0 aliphatic heterocycles. The number of rotatable bonds is 3. The number of carbonyl (C=O) groups is 1. The zero-order chi connectivity index (χ0) is 9.84.